The first-order valence-electron chi connectivity index (χ1n) is 7.84. The summed E-state index contributed by atoms with van der Waals surface area (Å²) >= 11 is 6.22. The quantitative estimate of drug-likeness (QED) is 0.908. The van der Waals surface area contributed by atoms with Crippen molar-refractivity contribution in [2.45, 2.75) is 38.6 Å². The topological polar surface area (TPSA) is 39.1 Å². The van der Waals surface area contributed by atoms with Gasteiger partial charge in [0.2, 0.25) is 0 Å². The van der Waals surface area contributed by atoms with Gasteiger partial charge in [-0.15, -0.1) is 0 Å². The van der Waals surface area contributed by atoms with Gasteiger partial charge in [0, 0.05) is 18.3 Å². The number of nitriles is 1. The number of nitrogens with one attached hydrogen (secondary N) is 1. The average molecular weight is 304 g/mol. The molecule has 4 heteroatoms. The molecule has 2 aliphatic heterocycles. The van der Waals surface area contributed by atoms with Crippen molar-refractivity contribution < 1.29 is 0 Å². The van der Waals surface area contributed by atoms with Crippen molar-refractivity contribution >= 4 is 17.3 Å². The molecule has 0 aliphatic carbocycles. The molecule has 2 aliphatic rings. The molecule has 0 bridgehead atoms. The van der Waals surface area contributed by atoms with Gasteiger partial charge in [0.05, 0.1) is 10.6 Å². The first-order valence-corrected chi connectivity index (χ1v) is 8.22. The Kier molecular flexibility index (Phi) is 4.10. The summed E-state index contributed by atoms with van der Waals surface area (Å²) in [7, 11) is 0. The number of hydrogen-bond acceptors (Lipinski definition) is 3. The lowest BCUT2D eigenvalue weighted by Crippen LogP contribution is -2.38. The second-order valence-electron chi connectivity index (χ2n) is 6.42. The van der Waals surface area contributed by atoms with Crippen molar-refractivity contribution in [3.8, 4) is 6.07 Å². The minimum Gasteiger partial charge on any atom is -0.368 e. The predicted octanol–water partition coefficient (Wildman–Crippen LogP) is 3.57. The third kappa shape index (κ3) is 2.75. The Hall–Kier alpha value is -1.24. The second-order valence-corrected chi connectivity index (χ2v) is 6.83. The Morgan fingerprint density at radius 3 is 2.81 bits per heavy atom. The van der Waals surface area contributed by atoms with E-state index in [9.17, 15) is 0 Å². The molecule has 2 fully saturated rings. The zero-order chi connectivity index (χ0) is 14.9. The molecular formula is C17H22ClN3. The average Bonchev–Trinajstić information content (AvgIpc) is 2.86. The molecule has 0 unspecified atom stereocenters. The standard InChI is InChI=1S/C17H22ClN3/c1-2-14-10-17(5-7-20-8-6-17)12-21(14)15-4-3-13(11-19)16(18)9-15/h3-4,9,14,20H,2,5-8,10,12H2,1H3/t14-/m0/s1. The van der Waals surface area contributed by atoms with Gasteiger partial charge in [-0.05, 0) is 62.4 Å². The summed E-state index contributed by atoms with van der Waals surface area (Å²) in [5.74, 6) is 0. The zero-order valence-electron chi connectivity index (χ0n) is 12.5. The van der Waals surface area contributed by atoms with E-state index < -0.39 is 0 Å². The molecular weight excluding hydrogens is 282 g/mol. The fourth-order valence-electron chi connectivity index (χ4n) is 3.92. The largest absolute Gasteiger partial charge is 0.368 e. The van der Waals surface area contributed by atoms with E-state index in [1.54, 1.807) is 0 Å². The Morgan fingerprint density at radius 2 is 2.19 bits per heavy atom. The van der Waals surface area contributed by atoms with E-state index in [1.165, 1.54) is 24.9 Å². The van der Waals surface area contributed by atoms with E-state index in [2.05, 4.69) is 23.2 Å². The molecule has 3 rings (SSSR count). The molecule has 1 N–H and O–H groups in total. The number of rotatable bonds is 2. The van der Waals surface area contributed by atoms with E-state index in [0.29, 0.717) is 22.0 Å². The summed E-state index contributed by atoms with van der Waals surface area (Å²) in [5.41, 5.74) is 2.19. The molecule has 1 aromatic carbocycles. The summed E-state index contributed by atoms with van der Waals surface area (Å²) < 4.78 is 0. The van der Waals surface area contributed by atoms with Crippen LogP contribution < -0.4 is 10.2 Å². The number of nitrogens with zero attached hydrogens (tertiary/aromatic N) is 2. The fourth-order valence-corrected chi connectivity index (χ4v) is 4.14. The van der Waals surface area contributed by atoms with Crippen LogP contribution in [-0.4, -0.2) is 25.7 Å². The van der Waals surface area contributed by atoms with Crippen LogP contribution in [0.3, 0.4) is 0 Å². The van der Waals surface area contributed by atoms with Crippen LogP contribution in [0.25, 0.3) is 0 Å². The first-order chi connectivity index (χ1) is 10.2. The monoisotopic (exact) mass is 303 g/mol. The van der Waals surface area contributed by atoms with Crippen LogP contribution in [-0.2, 0) is 0 Å². The van der Waals surface area contributed by atoms with Gasteiger partial charge in [-0.25, -0.2) is 0 Å². The van der Waals surface area contributed by atoms with Crippen LogP contribution in [0.1, 0.15) is 38.2 Å². The summed E-state index contributed by atoms with van der Waals surface area (Å²) in [6.45, 7) is 5.66. The van der Waals surface area contributed by atoms with Crippen molar-refractivity contribution in [2.24, 2.45) is 5.41 Å². The highest BCUT2D eigenvalue weighted by atomic mass is 35.5. The van der Waals surface area contributed by atoms with Gasteiger partial charge >= 0.3 is 0 Å². The maximum atomic E-state index is 9.02. The van der Waals surface area contributed by atoms with Gasteiger partial charge in [-0.2, -0.15) is 5.26 Å². The van der Waals surface area contributed by atoms with Crippen LogP contribution in [0.15, 0.2) is 18.2 Å². The van der Waals surface area contributed by atoms with E-state index >= 15 is 0 Å². The van der Waals surface area contributed by atoms with Crippen molar-refractivity contribution in [1.29, 1.82) is 5.26 Å². The number of piperidine rings is 1. The highest BCUT2D eigenvalue weighted by Crippen LogP contribution is 2.45. The highest BCUT2D eigenvalue weighted by molar-refractivity contribution is 6.32. The number of anilines is 1. The van der Waals surface area contributed by atoms with Crippen molar-refractivity contribution in [3.63, 3.8) is 0 Å². The molecule has 0 aromatic heterocycles. The molecule has 0 amide bonds. The van der Waals surface area contributed by atoms with Crippen LogP contribution in [0.4, 0.5) is 5.69 Å². The molecule has 21 heavy (non-hydrogen) atoms. The van der Waals surface area contributed by atoms with Crippen LogP contribution in [0.2, 0.25) is 5.02 Å². The molecule has 112 valence electrons. The van der Waals surface area contributed by atoms with E-state index in [1.807, 2.05) is 18.2 Å². The van der Waals surface area contributed by atoms with Crippen LogP contribution in [0, 0.1) is 16.7 Å². The van der Waals surface area contributed by atoms with Gasteiger partial charge in [-0.3, -0.25) is 0 Å². The van der Waals surface area contributed by atoms with Gasteiger partial charge in [-0.1, -0.05) is 18.5 Å². The van der Waals surface area contributed by atoms with Gasteiger partial charge in [0.15, 0.2) is 0 Å². The number of benzene rings is 1. The lowest BCUT2D eigenvalue weighted by Gasteiger charge is -2.34. The maximum absolute atomic E-state index is 9.02. The summed E-state index contributed by atoms with van der Waals surface area (Å²) in [4.78, 5) is 2.51. The SMILES string of the molecule is CC[C@H]1CC2(CCNCC2)CN1c1ccc(C#N)c(Cl)c1. The maximum Gasteiger partial charge on any atom is 0.101 e. The first kappa shape index (κ1) is 14.7. The van der Waals surface area contributed by atoms with Crippen molar-refractivity contribution in [2.75, 3.05) is 24.5 Å². The lowest BCUT2D eigenvalue weighted by atomic mass is 9.77. The predicted molar refractivity (Wildman–Crippen MR) is 86.7 cm³/mol. The molecule has 3 nitrogen and oxygen atoms in total. The summed E-state index contributed by atoms with van der Waals surface area (Å²) in [6, 6.07) is 8.58. The molecule has 0 saturated carbocycles. The third-order valence-corrected chi connectivity index (χ3v) is 5.47. The molecule has 1 aromatic rings. The van der Waals surface area contributed by atoms with E-state index in [-0.39, 0.29) is 0 Å². The Labute approximate surface area is 131 Å². The van der Waals surface area contributed by atoms with Crippen molar-refractivity contribution in [3.05, 3.63) is 28.8 Å². The normalized spacial score (nSPS) is 24.2. The smallest absolute Gasteiger partial charge is 0.101 e. The van der Waals surface area contributed by atoms with Gasteiger partial charge < -0.3 is 10.2 Å². The number of halogens is 1. The van der Waals surface area contributed by atoms with Crippen LogP contribution in [0.5, 0.6) is 0 Å². The Balaban J connectivity index is 1.87. The van der Waals surface area contributed by atoms with Crippen LogP contribution >= 0.6 is 11.6 Å². The molecule has 0 radical (unpaired) electrons. The third-order valence-electron chi connectivity index (χ3n) is 5.16. The van der Waals surface area contributed by atoms with Gasteiger partial charge in [0.25, 0.3) is 0 Å². The van der Waals surface area contributed by atoms with Gasteiger partial charge in [0.1, 0.15) is 6.07 Å². The molecule has 2 saturated heterocycles. The minimum atomic E-state index is 0.465. The van der Waals surface area contributed by atoms with E-state index in [4.69, 9.17) is 16.9 Å². The van der Waals surface area contributed by atoms with Crippen molar-refractivity contribution in [1.82, 2.24) is 5.32 Å². The second kappa shape index (κ2) is 5.87. The lowest BCUT2D eigenvalue weighted by molar-refractivity contribution is 0.225. The molecule has 1 atom stereocenters. The molecule has 2 heterocycles. The Morgan fingerprint density at radius 1 is 1.43 bits per heavy atom. The summed E-state index contributed by atoms with van der Waals surface area (Å²) in [6.07, 6.45) is 4.98. The highest BCUT2D eigenvalue weighted by Gasteiger charge is 2.43. The zero-order valence-corrected chi connectivity index (χ0v) is 13.3. The molecule has 1 spiro atoms. The fraction of sp³-hybridized carbons (Fsp3) is 0.588. The number of hydrogen-bond donors (Lipinski definition) is 1. The summed E-state index contributed by atoms with van der Waals surface area (Å²) in [5, 5.41) is 13.1. The Bertz CT molecular complexity index is 558. The van der Waals surface area contributed by atoms with E-state index in [0.717, 1.165) is 26.1 Å². The minimum absolute atomic E-state index is 0.465.